The van der Waals surface area contributed by atoms with Crippen molar-refractivity contribution in [3.8, 4) is 0 Å². The third-order valence-electron chi connectivity index (χ3n) is 2.79. The van der Waals surface area contributed by atoms with Gasteiger partial charge in [-0.1, -0.05) is 23.2 Å². The van der Waals surface area contributed by atoms with Gasteiger partial charge in [0.2, 0.25) is 0 Å². The van der Waals surface area contributed by atoms with Gasteiger partial charge in [-0.2, -0.15) is 0 Å². The van der Waals surface area contributed by atoms with Crippen LogP contribution in [0.1, 0.15) is 37.3 Å². The predicted molar refractivity (Wildman–Crippen MR) is 73.1 cm³/mol. The Morgan fingerprint density at radius 2 is 2.00 bits per heavy atom. The summed E-state index contributed by atoms with van der Waals surface area (Å²) in [5.41, 5.74) is 1.29. The molecule has 0 aliphatic carbocycles. The fraction of sp³-hybridized carbons (Fsp3) is 0.308. The van der Waals surface area contributed by atoms with Gasteiger partial charge in [-0.15, -0.1) is 0 Å². The molecule has 0 fully saturated rings. The lowest BCUT2D eigenvalue weighted by Gasteiger charge is -2.17. The van der Waals surface area contributed by atoms with E-state index < -0.39 is 6.10 Å². The van der Waals surface area contributed by atoms with Gasteiger partial charge >= 0.3 is 0 Å². The molecule has 1 heterocycles. The van der Waals surface area contributed by atoms with E-state index >= 15 is 0 Å². The molecule has 0 aliphatic rings. The van der Waals surface area contributed by atoms with Gasteiger partial charge in [0.15, 0.2) is 0 Å². The number of rotatable bonds is 3. The Morgan fingerprint density at radius 1 is 1.28 bits per heavy atom. The zero-order chi connectivity index (χ0) is 13.3. The van der Waals surface area contributed by atoms with Crippen LogP contribution in [0.5, 0.6) is 0 Å². The molecule has 0 aliphatic heterocycles. The zero-order valence-corrected chi connectivity index (χ0v) is 11.7. The van der Waals surface area contributed by atoms with Gasteiger partial charge in [0.05, 0.1) is 18.2 Å². The first kappa shape index (κ1) is 13.4. The summed E-state index contributed by atoms with van der Waals surface area (Å²) in [5, 5.41) is 11.4. The van der Waals surface area contributed by atoms with E-state index in [0.29, 0.717) is 21.3 Å². The van der Waals surface area contributed by atoms with Crippen molar-refractivity contribution >= 4 is 23.2 Å². The normalized spacial score (nSPS) is 13.0. The highest BCUT2D eigenvalue weighted by molar-refractivity contribution is 6.33. The molecule has 0 radical (unpaired) electrons. The van der Waals surface area contributed by atoms with E-state index in [1.807, 2.05) is 18.4 Å². The van der Waals surface area contributed by atoms with E-state index in [1.165, 1.54) is 0 Å². The molecule has 1 aromatic heterocycles. The molecule has 96 valence electrons. The second-order valence-electron chi connectivity index (χ2n) is 4.39. The quantitative estimate of drug-likeness (QED) is 0.930. The zero-order valence-electron chi connectivity index (χ0n) is 10.1. The van der Waals surface area contributed by atoms with Crippen LogP contribution < -0.4 is 0 Å². The molecule has 1 atom stereocenters. The molecule has 18 heavy (non-hydrogen) atoms. The van der Waals surface area contributed by atoms with Gasteiger partial charge in [-0.25, -0.2) is 4.98 Å². The fourth-order valence-electron chi connectivity index (χ4n) is 1.84. The van der Waals surface area contributed by atoms with Crippen molar-refractivity contribution < 1.29 is 5.11 Å². The first-order chi connectivity index (χ1) is 8.50. The lowest BCUT2D eigenvalue weighted by atomic mass is 10.1. The van der Waals surface area contributed by atoms with Gasteiger partial charge in [-0.3, -0.25) is 0 Å². The topological polar surface area (TPSA) is 38.0 Å². The Kier molecular flexibility index (Phi) is 3.95. The van der Waals surface area contributed by atoms with Crippen molar-refractivity contribution in [1.82, 2.24) is 9.55 Å². The van der Waals surface area contributed by atoms with Crippen LogP contribution >= 0.6 is 23.2 Å². The highest BCUT2D eigenvalue weighted by Gasteiger charge is 2.19. The first-order valence-corrected chi connectivity index (χ1v) is 6.41. The summed E-state index contributed by atoms with van der Waals surface area (Å²) in [7, 11) is 0. The van der Waals surface area contributed by atoms with Gasteiger partial charge in [0.25, 0.3) is 0 Å². The number of halogens is 2. The molecule has 1 aromatic carbocycles. The van der Waals surface area contributed by atoms with Crippen LogP contribution in [0.4, 0.5) is 0 Å². The maximum Gasteiger partial charge on any atom is 0.122 e. The molecule has 3 nitrogen and oxygen atoms in total. The van der Waals surface area contributed by atoms with Crippen LogP contribution in [0.3, 0.4) is 0 Å². The molecule has 2 rings (SSSR count). The molecule has 1 N–H and O–H groups in total. The molecule has 1 unspecified atom stereocenters. The number of nitrogens with zero attached hydrogens (tertiary/aromatic N) is 2. The van der Waals surface area contributed by atoms with E-state index in [0.717, 1.165) is 0 Å². The average molecular weight is 285 g/mol. The van der Waals surface area contributed by atoms with E-state index in [1.54, 1.807) is 30.7 Å². The number of hydrogen-bond acceptors (Lipinski definition) is 2. The van der Waals surface area contributed by atoms with E-state index in [9.17, 15) is 5.11 Å². The second kappa shape index (κ2) is 5.31. The smallest absolute Gasteiger partial charge is 0.122 e. The fourth-order valence-corrected chi connectivity index (χ4v) is 2.24. The Labute approximate surface area is 116 Å². The Hall–Kier alpha value is -1.03. The number of imidazole rings is 1. The van der Waals surface area contributed by atoms with Crippen LogP contribution in [0, 0.1) is 0 Å². The predicted octanol–water partition coefficient (Wildman–Crippen LogP) is 3.85. The van der Waals surface area contributed by atoms with Crippen LogP contribution in [0.2, 0.25) is 10.0 Å². The number of aliphatic hydroxyl groups is 1. The molecule has 0 saturated heterocycles. The van der Waals surface area contributed by atoms with Gasteiger partial charge < -0.3 is 9.67 Å². The Balaban J connectivity index is 2.44. The molecule has 0 spiro atoms. The molecular weight excluding hydrogens is 271 g/mol. The number of hydrogen-bond donors (Lipinski definition) is 1. The van der Waals surface area contributed by atoms with E-state index in [2.05, 4.69) is 4.98 Å². The molecular formula is C13H14Cl2N2O. The average Bonchev–Trinajstić information content (AvgIpc) is 2.80. The van der Waals surface area contributed by atoms with Gasteiger partial charge in [-0.05, 0) is 32.0 Å². The summed E-state index contributed by atoms with van der Waals surface area (Å²) in [5.74, 6) is 0. The van der Waals surface area contributed by atoms with Crippen molar-refractivity contribution in [3.63, 3.8) is 0 Å². The van der Waals surface area contributed by atoms with Crippen LogP contribution in [-0.4, -0.2) is 14.7 Å². The largest absolute Gasteiger partial charge is 0.382 e. The second-order valence-corrected chi connectivity index (χ2v) is 5.23. The maximum absolute atomic E-state index is 10.4. The summed E-state index contributed by atoms with van der Waals surface area (Å²) in [4.78, 5) is 4.07. The minimum atomic E-state index is -0.832. The lowest BCUT2D eigenvalue weighted by molar-refractivity contribution is 0.208. The summed E-state index contributed by atoms with van der Waals surface area (Å²) < 4.78 is 1.90. The minimum Gasteiger partial charge on any atom is -0.382 e. The Bertz CT molecular complexity index is 552. The number of aliphatic hydroxyl groups excluding tert-OH is 1. The van der Waals surface area contributed by atoms with Crippen LogP contribution in [-0.2, 0) is 0 Å². The first-order valence-electron chi connectivity index (χ1n) is 5.65. The van der Waals surface area contributed by atoms with Crippen LogP contribution in [0.15, 0.2) is 30.7 Å². The summed E-state index contributed by atoms with van der Waals surface area (Å²) in [6.07, 6.45) is 2.50. The maximum atomic E-state index is 10.4. The van der Waals surface area contributed by atoms with Crippen molar-refractivity contribution in [2.75, 3.05) is 0 Å². The lowest BCUT2D eigenvalue weighted by Crippen LogP contribution is -2.10. The van der Waals surface area contributed by atoms with E-state index in [4.69, 9.17) is 23.2 Å². The molecule has 0 saturated carbocycles. The van der Waals surface area contributed by atoms with Crippen molar-refractivity contribution in [3.05, 3.63) is 52.0 Å². The monoisotopic (exact) mass is 284 g/mol. The summed E-state index contributed by atoms with van der Waals surface area (Å²) in [6, 6.07) is 5.26. The molecule has 5 heteroatoms. The molecule has 0 bridgehead atoms. The van der Waals surface area contributed by atoms with Crippen LogP contribution in [0.25, 0.3) is 0 Å². The highest BCUT2D eigenvalue weighted by Crippen LogP contribution is 2.31. The van der Waals surface area contributed by atoms with Crippen molar-refractivity contribution in [2.24, 2.45) is 0 Å². The van der Waals surface area contributed by atoms with Gasteiger partial charge in [0.1, 0.15) is 6.10 Å². The SMILES string of the molecule is CC(C)n1cncc1C(O)c1cc(Cl)ccc1Cl. The van der Waals surface area contributed by atoms with Crippen molar-refractivity contribution in [1.29, 1.82) is 0 Å². The summed E-state index contributed by atoms with van der Waals surface area (Å²) in [6.45, 7) is 4.05. The third kappa shape index (κ3) is 2.53. The summed E-state index contributed by atoms with van der Waals surface area (Å²) >= 11 is 12.0. The third-order valence-corrected chi connectivity index (χ3v) is 3.36. The van der Waals surface area contributed by atoms with E-state index in [-0.39, 0.29) is 6.04 Å². The molecule has 2 aromatic rings. The standard InChI is InChI=1S/C13H14Cl2N2O/c1-8(2)17-7-16-6-12(17)13(18)10-5-9(14)3-4-11(10)15/h3-8,13,18H,1-2H3. The minimum absolute atomic E-state index is 0.218. The number of benzene rings is 1. The highest BCUT2D eigenvalue weighted by atomic mass is 35.5. The Morgan fingerprint density at radius 3 is 2.67 bits per heavy atom. The van der Waals surface area contributed by atoms with Crippen molar-refractivity contribution in [2.45, 2.75) is 26.0 Å². The van der Waals surface area contributed by atoms with Gasteiger partial charge in [0, 0.05) is 21.7 Å². The number of aromatic nitrogens is 2. The molecule has 0 amide bonds.